The Balaban J connectivity index is 1.91. The van der Waals surface area contributed by atoms with E-state index in [-0.39, 0.29) is 17.9 Å². The minimum atomic E-state index is -0.0147. The van der Waals surface area contributed by atoms with Crippen LogP contribution in [0.15, 0.2) is 48.8 Å². The Kier molecular flexibility index (Phi) is 4.93. The first kappa shape index (κ1) is 15.0. The molecule has 2 atom stereocenters. The summed E-state index contributed by atoms with van der Waals surface area (Å²) in [5.41, 5.74) is 8.59. The number of pyridine rings is 1. The molecule has 1 amide bonds. The van der Waals surface area contributed by atoms with E-state index >= 15 is 0 Å². The van der Waals surface area contributed by atoms with E-state index in [0.717, 1.165) is 16.8 Å². The zero-order valence-corrected chi connectivity index (χ0v) is 12.4. The van der Waals surface area contributed by atoms with E-state index in [1.807, 2.05) is 50.2 Å². The van der Waals surface area contributed by atoms with Crippen LogP contribution in [0.3, 0.4) is 0 Å². The summed E-state index contributed by atoms with van der Waals surface area (Å²) in [4.78, 5) is 16.1. The van der Waals surface area contributed by atoms with Gasteiger partial charge in [0.15, 0.2) is 0 Å². The van der Waals surface area contributed by atoms with Crippen LogP contribution in [0.2, 0.25) is 0 Å². The number of nitrogens with zero attached hydrogens (tertiary/aromatic N) is 1. The Labute approximate surface area is 125 Å². The van der Waals surface area contributed by atoms with Crippen LogP contribution in [0, 0.1) is 0 Å². The fourth-order valence-corrected chi connectivity index (χ4v) is 2.26. The zero-order valence-electron chi connectivity index (χ0n) is 12.4. The first-order valence-corrected chi connectivity index (χ1v) is 7.11. The molecule has 0 aliphatic carbocycles. The molecule has 4 heteroatoms. The van der Waals surface area contributed by atoms with E-state index in [2.05, 4.69) is 10.3 Å². The summed E-state index contributed by atoms with van der Waals surface area (Å²) in [6.45, 7) is 4.02. The van der Waals surface area contributed by atoms with Crippen LogP contribution >= 0.6 is 0 Å². The van der Waals surface area contributed by atoms with Crippen molar-refractivity contribution in [2.45, 2.75) is 32.2 Å². The van der Waals surface area contributed by atoms with Crippen LogP contribution < -0.4 is 11.1 Å². The molecule has 0 saturated carbocycles. The number of benzene rings is 1. The van der Waals surface area contributed by atoms with Gasteiger partial charge in [-0.2, -0.15) is 0 Å². The lowest BCUT2D eigenvalue weighted by atomic mass is 9.97. The minimum Gasteiger partial charge on any atom is -0.399 e. The van der Waals surface area contributed by atoms with Crippen molar-refractivity contribution in [3.05, 3.63) is 59.9 Å². The lowest BCUT2D eigenvalue weighted by Crippen LogP contribution is -2.27. The van der Waals surface area contributed by atoms with E-state index in [1.165, 1.54) is 0 Å². The molecule has 1 aromatic carbocycles. The predicted molar refractivity (Wildman–Crippen MR) is 84.7 cm³/mol. The van der Waals surface area contributed by atoms with Crippen molar-refractivity contribution in [2.24, 2.45) is 0 Å². The van der Waals surface area contributed by atoms with Gasteiger partial charge in [0.05, 0.1) is 6.04 Å². The van der Waals surface area contributed by atoms with Gasteiger partial charge < -0.3 is 11.1 Å². The number of amides is 1. The molecule has 1 heterocycles. The molecule has 3 N–H and O–H groups in total. The molecule has 1 aromatic heterocycles. The van der Waals surface area contributed by atoms with E-state index in [9.17, 15) is 4.79 Å². The number of carbonyl (C=O) groups excluding carboxylic acids is 1. The highest BCUT2D eigenvalue weighted by atomic mass is 16.1. The number of hydrogen-bond donors (Lipinski definition) is 2. The maximum absolute atomic E-state index is 12.1. The number of anilines is 1. The highest BCUT2D eigenvalue weighted by Gasteiger charge is 2.14. The molecule has 0 fully saturated rings. The number of rotatable bonds is 5. The average Bonchev–Trinajstić information content (AvgIpc) is 2.48. The summed E-state index contributed by atoms with van der Waals surface area (Å²) in [6.07, 6.45) is 3.92. The van der Waals surface area contributed by atoms with Crippen LogP contribution in [0.1, 0.15) is 43.4 Å². The Morgan fingerprint density at radius 3 is 2.33 bits per heavy atom. The molecule has 0 aliphatic heterocycles. The van der Waals surface area contributed by atoms with E-state index in [4.69, 9.17) is 5.73 Å². The molecular weight excluding hydrogens is 262 g/mol. The highest BCUT2D eigenvalue weighted by Crippen LogP contribution is 2.20. The molecule has 4 nitrogen and oxygen atoms in total. The van der Waals surface area contributed by atoms with E-state index < -0.39 is 0 Å². The van der Waals surface area contributed by atoms with Gasteiger partial charge in [-0.05, 0) is 48.2 Å². The van der Waals surface area contributed by atoms with Crippen molar-refractivity contribution in [3.63, 3.8) is 0 Å². The van der Waals surface area contributed by atoms with Gasteiger partial charge in [-0.1, -0.05) is 19.1 Å². The molecule has 21 heavy (non-hydrogen) atoms. The van der Waals surface area contributed by atoms with Crippen LogP contribution in [0.25, 0.3) is 0 Å². The van der Waals surface area contributed by atoms with Gasteiger partial charge in [0.1, 0.15) is 0 Å². The second-order valence-corrected chi connectivity index (χ2v) is 5.34. The number of nitrogens with one attached hydrogen (secondary N) is 1. The average molecular weight is 283 g/mol. The molecule has 0 radical (unpaired) electrons. The fourth-order valence-electron chi connectivity index (χ4n) is 2.26. The normalized spacial score (nSPS) is 13.4. The summed E-state index contributed by atoms with van der Waals surface area (Å²) in [7, 11) is 0. The first-order valence-electron chi connectivity index (χ1n) is 7.11. The summed E-state index contributed by atoms with van der Waals surface area (Å²) in [5.74, 6) is 0.207. The van der Waals surface area contributed by atoms with Crippen molar-refractivity contribution in [2.75, 3.05) is 5.73 Å². The van der Waals surface area contributed by atoms with Gasteiger partial charge in [-0.25, -0.2) is 0 Å². The van der Waals surface area contributed by atoms with Gasteiger partial charge in [0, 0.05) is 24.5 Å². The highest BCUT2D eigenvalue weighted by molar-refractivity contribution is 5.77. The topological polar surface area (TPSA) is 68.0 Å². The monoisotopic (exact) mass is 283 g/mol. The number of aromatic nitrogens is 1. The molecule has 0 aliphatic rings. The fraction of sp³-hybridized carbons (Fsp3) is 0.294. The number of hydrogen-bond acceptors (Lipinski definition) is 3. The Bertz CT molecular complexity index is 581. The van der Waals surface area contributed by atoms with Crippen molar-refractivity contribution >= 4 is 11.6 Å². The van der Waals surface area contributed by atoms with E-state index in [0.29, 0.717) is 6.42 Å². The van der Waals surface area contributed by atoms with Gasteiger partial charge in [0.2, 0.25) is 5.91 Å². The van der Waals surface area contributed by atoms with Crippen LogP contribution in [0.5, 0.6) is 0 Å². The lowest BCUT2D eigenvalue weighted by molar-refractivity contribution is -0.122. The zero-order chi connectivity index (χ0) is 15.2. The van der Waals surface area contributed by atoms with Crippen molar-refractivity contribution in [1.29, 1.82) is 0 Å². The standard InChI is InChI=1S/C17H21N3O/c1-12(14-3-5-16(18)6-4-14)11-17(21)20-13(2)15-7-9-19-10-8-15/h3-10,12-13H,11,18H2,1-2H3,(H,20,21). The van der Waals surface area contributed by atoms with E-state index in [1.54, 1.807) is 12.4 Å². The first-order chi connectivity index (χ1) is 10.1. The summed E-state index contributed by atoms with van der Waals surface area (Å²) < 4.78 is 0. The van der Waals surface area contributed by atoms with Crippen LogP contribution in [-0.4, -0.2) is 10.9 Å². The molecule has 0 bridgehead atoms. The molecule has 110 valence electrons. The Morgan fingerprint density at radius 2 is 1.71 bits per heavy atom. The molecule has 2 unspecified atom stereocenters. The molecular formula is C17H21N3O. The smallest absolute Gasteiger partial charge is 0.221 e. The predicted octanol–water partition coefficient (Wildman–Crippen LogP) is 3.03. The molecule has 2 aromatic rings. The largest absolute Gasteiger partial charge is 0.399 e. The third-order valence-electron chi connectivity index (χ3n) is 3.58. The summed E-state index contributed by atoms with van der Waals surface area (Å²) in [6, 6.07) is 11.5. The van der Waals surface area contributed by atoms with Gasteiger partial charge in [0.25, 0.3) is 0 Å². The van der Waals surface area contributed by atoms with Crippen molar-refractivity contribution in [3.8, 4) is 0 Å². The Morgan fingerprint density at radius 1 is 1.10 bits per heavy atom. The van der Waals surface area contributed by atoms with Gasteiger partial charge in [-0.15, -0.1) is 0 Å². The minimum absolute atomic E-state index is 0.0147. The number of carbonyl (C=O) groups is 1. The lowest BCUT2D eigenvalue weighted by Gasteiger charge is -2.17. The molecule has 0 saturated heterocycles. The summed E-state index contributed by atoms with van der Waals surface area (Å²) in [5, 5.41) is 3.02. The number of nitrogens with two attached hydrogens (primary N) is 1. The van der Waals surface area contributed by atoms with Crippen molar-refractivity contribution < 1.29 is 4.79 Å². The SMILES string of the molecule is CC(CC(=O)NC(C)c1ccncc1)c1ccc(N)cc1. The maximum atomic E-state index is 12.1. The second-order valence-electron chi connectivity index (χ2n) is 5.34. The van der Waals surface area contributed by atoms with Crippen LogP contribution in [-0.2, 0) is 4.79 Å². The second kappa shape index (κ2) is 6.88. The van der Waals surface area contributed by atoms with Crippen LogP contribution in [0.4, 0.5) is 5.69 Å². The third kappa shape index (κ3) is 4.31. The van der Waals surface area contributed by atoms with Crippen molar-refractivity contribution in [1.82, 2.24) is 10.3 Å². The Hall–Kier alpha value is -2.36. The molecule has 0 spiro atoms. The summed E-state index contributed by atoms with van der Waals surface area (Å²) >= 11 is 0. The molecule has 2 rings (SSSR count). The van der Waals surface area contributed by atoms with Gasteiger partial charge >= 0.3 is 0 Å². The third-order valence-corrected chi connectivity index (χ3v) is 3.58. The number of nitrogen functional groups attached to an aromatic ring is 1. The maximum Gasteiger partial charge on any atom is 0.221 e. The quantitative estimate of drug-likeness (QED) is 0.829. The van der Waals surface area contributed by atoms with Gasteiger partial charge in [-0.3, -0.25) is 9.78 Å².